The third-order valence-corrected chi connectivity index (χ3v) is 6.40. The lowest BCUT2D eigenvalue weighted by Crippen LogP contribution is -2.09. The van der Waals surface area contributed by atoms with E-state index < -0.39 is 5.82 Å². The van der Waals surface area contributed by atoms with Crippen LogP contribution in [0.5, 0.6) is 0 Å². The van der Waals surface area contributed by atoms with Gasteiger partial charge in [-0.15, -0.1) is 5.10 Å². The van der Waals surface area contributed by atoms with E-state index in [-0.39, 0.29) is 11.1 Å². The lowest BCUT2D eigenvalue weighted by Gasteiger charge is -2.14. The predicted molar refractivity (Wildman–Crippen MR) is 124 cm³/mol. The first-order valence-electron chi connectivity index (χ1n) is 10.8. The molecule has 168 valence electrons. The summed E-state index contributed by atoms with van der Waals surface area (Å²) in [5, 5.41) is 15.9. The van der Waals surface area contributed by atoms with Gasteiger partial charge in [-0.1, -0.05) is 11.6 Å². The van der Waals surface area contributed by atoms with E-state index in [1.54, 1.807) is 18.5 Å². The monoisotopic (exact) mass is 472 g/mol. The maximum Gasteiger partial charge on any atom is 0.151 e. The Hall–Kier alpha value is -3.98. The minimum atomic E-state index is -0.532. The van der Waals surface area contributed by atoms with E-state index >= 15 is 4.39 Å². The van der Waals surface area contributed by atoms with E-state index in [4.69, 9.17) is 16.6 Å². The third-order valence-electron chi connectivity index (χ3n) is 6.11. The maximum atomic E-state index is 15.2. The van der Waals surface area contributed by atoms with Gasteiger partial charge in [0.15, 0.2) is 5.82 Å². The molecule has 6 rings (SSSR count). The number of benzene rings is 1. The van der Waals surface area contributed by atoms with Crippen LogP contribution in [-0.4, -0.2) is 40.0 Å². The molecule has 1 aliphatic carbocycles. The van der Waals surface area contributed by atoms with Crippen molar-refractivity contribution in [2.24, 2.45) is 0 Å². The van der Waals surface area contributed by atoms with Gasteiger partial charge < -0.3 is 0 Å². The molecule has 0 radical (unpaired) electrons. The zero-order valence-electron chi connectivity index (χ0n) is 18.1. The Morgan fingerprint density at radius 1 is 1.06 bits per heavy atom. The number of nitrogens with zero attached hydrogens (tertiary/aromatic N) is 8. The smallest absolute Gasteiger partial charge is 0.151 e. The van der Waals surface area contributed by atoms with Crippen molar-refractivity contribution in [3.8, 4) is 27.9 Å². The molecule has 34 heavy (non-hydrogen) atoms. The molecule has 4 heterocycles. The van der Waals surface area contributed by atoms with Crippen molar-refractivity contribution in [2.45, 2.75) is 25.8 Å². The summed E-state index contributed by atoms with van der Waals surface area (Å²) in [7, 11) is 0. The molecule has 0 aliphatic heterocycles. The standard InChI is InChI=1S/C24H18ClFN8/c1-14-8-15(6-7-27-14)18-11-30-33(12-18)21-4-2-16-9-17(10-28-24(16)21)22-20(34-13-29-31-32-34)5-3-19(25)23(22)26/h3,5-13,21H,2,4H2,1H3. The van der Waals surface area contributed by atoms with Crippen molar-refractivity contribution in [3.63, 3.8) is 0 Å². The molecule has 0 spiro atoms. The number of halogens is 2. The van der Waals surface area contributed by atoms with Gasteiger partial charge in [0, 0.05) is 41.0 Å². The van der Waals surface area contributed by atoms with Gasteiger partial charge in [-0.3, -0.25) is 14.6 Å². The molecule has 0 amide bonds. The van der Waals surface area contributed by atoms with E-state index in [0.717, 1.165) is 40.9 Å². The number of fused-ring (bicyclic) bond motifs is 1. The largest absolute Gasteiger partial charge is 0.263 e. The molecule has 10 heteroatoms. The van der Waals surface area contributed by atoms with Crippen molar-refractivity contribution in [2.75, 3.05) is 0 Å². The summed E-state index contributed by atoms with van der Waals surface area (Å²) in [6.45, 7) is 1.97. The van der Waals surface area contributed by atoms with E-state index in [1.165, 1.54) is 17.1 Å². The molecule has 5 aromatic rings. The SMILES string of the molecule is Cc1cc(-c2cnn(C3CCc4cc(-c5c(-n6cnnn6)ccc(Cl)c5F)cnc43)c2)ccn1. The van der Waals surface area contributed by atoms with Crippen LogP contribution in [0.2, 0.25) is 5.02 Å². The Balaban J connectivity index is 1.37. The van der Waals surface area contributed by atoms with Gasteiger partial charge in [0.25, 0.3) is 0 Å². The summed E-state index contributed by atoms with van der Waals surface area (Å²) in [5.41, 5.74) is 6.49. The summed E-state index contributed by atoms with van der Waals surface area (Å²) in [6.07, 6.45) is 10.5. The van der Waals surface area contributed by atoms with Crippen LogP contribution in [0.25, 0.3) is 27.9 Å². The fourth-order valence-electron chi connectivity index (χ4n) is 4.50. The molecule has 1 atom stereocenters. The molecule has 0 fully saturated rings. The van der Waals surface area contributed by atoms with Crippen molar-refractivity contribution in [1.29, 1.82) is 0 Å². The van der Waals surface area contributed by atoms with Crippen LogP contribution in [0.15, 0.2) is 61.4 Å². The third kappa shape index (κ3) is 3.45. The van der Waals surface area contributed by atoms with E-state index in [1.807, 2.05) is 42.2 Å². The Morgan fingerprint density at radius 3 is 2.79 bits per heavy atom. The number of hydrogen-bond acceptors (Lipinski definition) is 6. The Kier molecular flexibility index (Phi) is 4.91. The minimum Gasteiger partial charge on any atom is -0.263 e. The molecule has 1 aromatic carbocycles. The van der Waals surface area contributed by atoms with E-state index in [0.29, 0.717) is 16.8 Å². The first-order valence-corrected chi connectivity index (χ1v) is 11.1. The van der Waals surface area contributed by atoms with Gasteiger partial charge >= 0.3 is 0 Å². The summed E-state index contributed by atoms with van der Waals surface area (Å²) < 4.78 is 18.5. The van der Waals surface area contributed by atoms with Crippen LogP contribution in [0, 0.1) is 12.7 Å². The Morgan fingerprint density at radius 2 is 1.97 bits per heavy atom. The minimum absolute atomic E-state index is 0.0175. The molecule has 8 nitrogen and oxygen atoms in total. The summed E-state index contributed by atoms with van der Waals surface area (Å²) >= 11 is 6.11. The zero-order valence-corrected chi connectivity index (χ0v) is 18.9. The van der Waals surface area contributed by atoms with Crippen molar-refractivity contribution >= 4 is 11.6 Å². The highest BCUT2D eigenvalue weighted by Crippen LogP contribution is 2.38. The van der Waals surface area contributed by atoms with Gasteiger partial charge in [-0.2, -0.15) is 9.78 Å². The highest BCUT2D eigenvalue weighted by Gasteiger charge is 2.28. The van der Waals surface area contributed by atoms with Gasteiger partial charge in [-0.05, 0) is 71.7 Å². The summed E-state index contributed by atoms with van der Waals surface area (Å²) in [5.74, 6) is -0.532. The molecular formula is C24H18ClFN8. The molecular weight excluding hydrogens is 455 g/mol. The van der Waals surface area contributed by atoms with Crippen LogP contribution in [0.3, 0.4) is 0 Å². The fraction of sp³-hybridized carbons (Fsp3) is 0.167. The van der Waals surface area contributed by atoms with Crippen LogP contribution >= 0.6 is 11.6 Å². The molecule has 0 saturated heterocycles. The van der Waals surface area contributed by atoms with Crippen molar-refractivity contribution in [3.05, 3.63) is 89.2 Å². The molecule has 0 saturated carbocycles. The lowest BCUT2D eigenvalue weighted by atomic mass is 10.0. The second kappa shape index (κ2) is 8.11. The highest BCUT2D eigenvalue weighted by atomic mass is 35.5. The lowest BCUT2D eigenvalue weighted by molar-refractivity contribution is 0.511. The number of rotatable bonds is 4. The first kappa shape index (κ1) is 20.6. The summed E-state index contributed by atoms with van der Waals surface area (Å²) in [6, 6.07) is 9.19. The van der Waals surface area contributed by atoms with E-state index in [9.17, 15) is 0 Å². The van der Waals surface area contributed by atoms with E-state index in [2.05, 4.69) is 25.6 Å². The highest BCUT2D eigenvalue weighted by molar-refractivity contribution is 6.31. The van der Waals surface area contributed by atoms with Crippen molar-refractivity contribution < 1.29 is 4.39 Å². The first-order chi connectivity index (χ1) is 16.6. The second-order valence-electron chi connectivity index (χ2n) is 8.23. The molecule has 4 aromatic heterocycles. The number of aryl methyl sites for hydroxylation is 2. The van der Waals surface area contributed by atoms with Crippen LogP contribution in [0.1, 0.15) is 29.4 Å². The average Bonchev–Trinajstić information content (AvgIpc) is 3.61. The van der Waals surface area contributed by atoms with Crippen LogP contribution in [0.4, 0.5) is 4.39 Å². The zero-order chi connectivity index (χ0) is 23.2. The number of aromatic nitrogens is 8. The average molecular weight is 473 g/mol. The molecule has 1 unspecified atom stereocenters. The topological polar surface area (TPSA) is 87.2 Å². The molecule has 1 aliphatic rings. The summed E-state index contributed by atoms with van der Waals surface area (Å²) in [4.78, 5) is 9.00. The molecule has 0 N–H and O–H groups in total. The van der Waals surface area contributed by atoms with Gasteiger partial charge in [0.05, 0.1) is 28.6 Å². The molecule has 0 bridgehead atoms. The van der Waals surface area contributed by atoms with Crippen LogP contribution < -0.4 is 0 Å². The number of tetrazole rings is 1. The van der Waals surface area contributed by atoms with Crippen molar-refractivity contribution in [1.82, 2.24) is 40.0 Å². The number of hydrogen-bond donors (Lipinski definition) is 0. The number of pyridine rings is 2. The van der Waals surface area contributed by atoms with Crippen LogP contribution in [-0.2, 0) is 6.42 Å². The Labute approximate surface area is 199 Å². The Bertz CT molecular complexity index is 1510. The normalized spacial score (nSPS) is 15.0. The van der Waals surface area contributed by atoms with Gasteiger partial charge in [-0.25, -0.2) is 4.39 Å². The quantitative estimate of drug-likeness (QED) is 0.379. The predicted octanol–water partition coefficient (Wildman–Crippen LogP) is 4.62. The van der Waals surface area contributed by atoms with Gasteiger partial charge in [0.2, 0.25) is 0 Å². The fourth-order valence-corrected chi connectivity index (χ4v) is 4.66. The van der Waals surface area contributed by atoms with Gasteiger partial charge in [0.1, 0.15) is 6.33 Å². The second-order valence-corrected chi connectivity index (χ2v) is 8.63. The maximum absolute atomic E-state index is 15.2.